The largest absolute Gasteiger partial charge is 0.261 e. The zero-order valence-electron chi connectivity index (χ0n) is 7.85. The maximum absolute atomic E-state index is 13.6. The SMILES string of the molecule is N#Cc1ncnc(-c2cncc(F)c2)c1F. The van der Waals surface area contributed by atoms with E-state index in [0.717, 1.165) is 18.6 Å². The first kappa shape index (κ1) is 10.1. The van der Waals surface area contributed by atoms with Gasteiger partial charge in [-0.15, -0.1) is 0 Å². The molecule has 0 saturated carbocycles. The monoisotopic (exact) mass is 218 g/mol. The Morgan fingerprint density at radius 1 is 1.19 bits per heavy atom. The molecule has 0 aromatic carbocycles. The summed E-state index contributed by atoms with van der Waals surface area (Å²) in [4.78, 5) is 10.7. The average molecular weight is 218 g/mol. The van der Waals surface area contributed by atoms with E-state index < -0.39 is 11.6 Å². The number of hydrogen-bond donors (Lipinski definition) is 0. The first-order valence-corrected chi connectivity index (χ1v) is 4.24. The third-order valence-electron chi connectivity index (χ3n) is 1.87. The summed E-state index contributed by atoms with van der Waals surface area (Å²) in [6.07, 6.45) is 3.30. The lowest BCUT2D eigenvalue weighted by Gasteiger charge is -2.01. The Kier molecular flexibility index (Phi) is 2.52. The fraction of sp³-hybridized carbons (Fsp3) is 0. The number of hydrogen-bond acceptors (Lipinski definition) is 4. The highest BCUT2D eigenvalue weighted by Gasteiger charge is 2.13. The normalized spacial score (nSPS) is 9.81. The Morgan fingerprint density at radius 2 is 2.00 bits per heavy atom. The smallest absolute Gasteiger partial charge is 0.185 e. The molecule has 2 aromatic heterocycles. The summed E-state index contributed by atoms with van der Waals surface area (Å²) in [6.45, 7) is 0. The van der Waals surface area contributed by atoms with Gasteiger partial charge >= 0.3 is 0 Å². The molecule has 2 aromatic rings. The van der Waals surface area contributed by atoms with Gasteiger partial charge in [0, 0.05) is 11.8 Å². The maximum atomic E-state index is 13.6. The van der Waals surface area contributed by atoms with Gasteiger partial charge in [-0.2, -0.15) is 5.26 Å². The second kappa shape index (κ2) is 3.98. The molecular formula is C10H4F2N4. The molecule has 2 rings (SSSR count). The van der Waals surface area contributed by atoms with Crippen LogP contribution < -0.4 is 0 Å². The van der Waals surface area contributed by atoms with Crippen molar-refractivity contribution in [2.45, 2.75) is 0 Å². The fourth-order valence-electron chi connectivity index (χ4n) is 1.19. The Balaban J connectivity index is 2.62. The standard InChI is InChI=1S/C10H4F2N4/c11-7-1-6(3-14-4-7)10-9(12)8(2-13)15-5-16-10/h1,3-5H. The molecule has 0 aliphatic carbocycles. The predicted molar refractivity (Wildman–Crippen MR) is 49.9 cm³/mol. The highest BCUT2D eigenvalue weighted by atomic mass is 19.1. The van der Waals surface area contributed by atoms with Crippen molar-refractivity contribution < 1.29 is 8.78 Å². The minimum absolute atomic E-state index is 0.140. The Morgan fingerprint density at radius 3 is 2.69 bits per heavy atom. The van der Waals surface area contributed by atoms with Crippen LogP contribution in [-0.4, -0.2) is 15.0 Å². The molecule has 0 unspecified atom stereocenters. The topological polar surface area (TPSA) is 62.5 Å². The van der Waals surface area contributed by atoms with Crippen LogP contribution in [0.4, 0.5) is 8.78 Å². The third-order valence-corrected chi connectivity index (χ3v) is 1.87. The summed E-state index contributed by atoms with van der Waals surface area (Å²) in [5.74, 6) is -1.48. The summed E-state index contributed by atoms with van der Waals surface area (Å²) in [5, 5.41) is 8.57. The van der Waals surface area contributed by atoms with E-state index in [2.05, 4.69) is 15.0 Å². The van der Waals surface area contributed by atoms with Gasteiger partial charge in [0.2, 0.25) is 0 Å². The van der Waals surface area contributed by atoms with Crippen LogP contribution in [0.5, 0.6) is 0 Å². The molecule has 4 nitrogen and oxygen atoms in total. The Labute approximate surface area is 89.2 Å². The van der Waals surface area contributed by atoms with E-state index >= 15 is 0 Å². The zero-order valence-corrected chi connectivity index (χ0v) is 7.85. The van der Waals surface area contributed by atoms with Crippen LogP contribution in [0.15, 0.2) is 24.8 Å². The van der Waals surface area contributed by atoms with Crippen molar-refractivity contribution in [3.63, 3.8) is 0 Å². The highest BCUT2D eigenvalue weighted by molar-refractivity contribution is 5.59. The number of aromatic nitrogens is 3. The van der Waals surface area contributed by atoms with Gasteiger partial charge in [-0.1, -0.05) is 0 Å². The minimum atomic E-state index is -0.877. The van der Waals surface area contributed by atoms with Gasteiger partial charge in [0.25, 0.3) is 0 Å². The first-order valence-electron chi connectivity index (χ1n) is 4.24. The molecule has 0 radical (unpaired) electrons. The summed E-state index contributed by atoms with van der Waals surface area (Å²) in [6, 6.07) is 2.66. The summed E-state index contributed by atoms with van der Waals surface area (Å²) in [7, 11) is 0. The van der Waals surface area contributed by atoms with Crippen molar-refractivity contribution in [1.82, 2.24) is 15.0 Å². The first-order chi connectivity index (χ1) is 7.72. The van der Waals surface area contributed by atoms with E-state index in [1.54, 1.807) is 6.07 Å². The van der Waals surface area contributed by atoms with E-state index in [1.165, 1.54) is 6.20 Å². The van der Waals surface area contributed by atoms with E-state index in [0.29, 0.717) is 0 Å². The molecular weight excluding hydrogens is 214 g/mol. The molecule has 6 heteroatoms. The number of halogens is 2. The van der Waals surface area contributed by atoms with Crippen molar-refractivity contribution in [2.75, 3.05) is 0 Å². The molecule has 0 amide bonds. The fourth-order valence-corrected chi connectivity index (χ4v) is 1.19. The van der Waals surface area contributed by atoms with Crippen molar-refractivity contribution in [1.29, 1.82) is 5.26 Å². The van der Waals surface area contributed by atoms with Gasteiger partial charge in [0.1, 0.15) is 23.9 Å². The molecule has 2 heterocycles. The van der Waals surface area contributed by atoms with Gasteiger partial charge in [-0.3, -0.25) is 4.98 Å². The Bertz CT molecular complexity index is 577. The van der Waals surface area contributed by atoms with E-state index in [1.807, 2.05) is 0 Å². The maximum Gasteiger partial charge on any atom is 0.185 e. The number of nitrogens with zero attached hydrogens (tertiary/aromatic N) is 4. The molecule has 0 aliphatic heterocycles. The van der Waals surface area contributed by atoms with Gasteiger partial charge in [0.05, 0.1) is 6.20 Å². The Hall–Kier alpha value is -2.42. The molecule has 0 aliphatic rings. The molecule has 0 N–H and O–H groups in total. The molecule has 16 heavy (non-hydrogen) atoms. The third kappa shape index (κ3) is 1.70. The van der Waals surface area contributed by atoms with Crippen molar-refractivity contribution in [3.8, 4) is 17.3 Å². The van der Waals surface area contributed by atoms with E-state index in [4.69, 9.17) is 5.26 Å². The van der Waals surface area contributed by atoms with E-state index in [-0.39, 0.29) is 17.0 Å². The number of nitriles is 1. The lowest BCUT2D eigenvalue weighted by molar-refractivity contribution is 0.609. The number of rotatable bonds is 1. The molecule has 0 bridgehead atoms. The zero-order chi connectivity index (χ0) is 11.5. The highest BCUT2D eigenvalue weighted by Crippen LogP contribution is 2.20. The minimum Gasteiger partial charge on any atom is -0.261 e. The lowest BCUT2D eigenvalue weighted by atomic mass is 10.2. The van der Waals surface area contributed by atoms with Gasteiger partial charge in [-0.25, -0.2) is 18.7 Å². The van der Waals surface area contributed by atoms with Crippen LogP contribution in [0.3, 0.4) is 0 Å². The summed E-state index contributed by atoms with van der Waals surface area (Å²) >= 11 is 0. The van der Waals surface area contributed by atoms with Crippen LogP contribution >= 0.6 is 0 Å². The van der Waals surface area contributed by atoms with Crippen LogP contribution in [0.25, 0.3) is 11.3 Å². The van der Waals surface area contributed by atoms with Crippen molar-refractivity contribution >= 4 is 0 Å². The number of pyridine rings is 1. The second-order valence-electron chi connectivity index (χ2n) is 2.89. The predicted octanol–water partition coefficient (Wildman–Crippen LogP) is 1.69. The summed E-state index contributed by atoms with van der Waals surface area (Å²) < 4.78 is 26.5. The van der Waals surface area contributed by atoms with Crippen LogP contribution in [-0.2, 0) is 0 Å². The quantitative estimate of drug-likeness (QED) is 0.730. The average Bonchev–Trinajstić information content (AvgIpc) is 2.29. The van der Waals surface area contributed by atoms with Gasteiger partial charge in [-0.05, 0) is 6.07 Å². The van der Waals surface area contributed by atoms with Crippen LogP contribution in [0.1, 0.15) is 5.69 Å². The van der Waals surface area contributed by atoms with Gasteiger partial charge in [0.15, 0.2) is 11.5 Å². The molecule has 0 saturated heterocycles. The van der Waals surface area contributed by atoms with Crippen molar-refractivity contribution in [2.24, 2.45) is 0 Å². The lowest BCUT2D eigenvalue weighted by Crippen LogP contribution is -1.97. The molecule has 0 fully saturated rings. The van der Waals surface area contributed by atoms with Crippen molar-refractivity contribution in [3.05, 3.63) is 42.1 Å². The van der Waals surface area contributed by atoms with Crippen LogP contribution in [0.2, 0.25) is 0 Å². The van der Waals surface area contributed by atoms with Gasteiger partial charge < -0.3 is 0 Å². The van der Waals surface area contributed by atoms with E-state index in [9.17, 15) is 8.78 Å². The molecule has 0 spiro atoms. The summed E-state index contributed by atoms with van der Waals surface area (Å²) in [5.41, 5.74) is -0.357. The van der Waals surface area contributed by atoms with Crippen LogP contribution in [0, 0.1) is 23.0 Å². The molecule has 78 valence electrons. The molecule has 0 atom stereocenters. The second-order valence-corrected chi connectivity index (χ2v) is 2.89.